The van der Waals surface area contributed by atoms with Crippen LogP contribution in [0.25, 0.3) is 131 Å². The quantitative estimate of drug-likeness (QED) is 0.104. The van der Waals surface area contributed by atoms with Crippen molar-refractivity contribution in [3.8, 4) is 0 Å². The molecule has 0 spiro atoms. The van der Waals surface area contributed by atoms with Crippen LogP contribution in [-0.2, 0) is 74.2 Å². The molecular formula is C78H66Cu3N12O18Se3. The first-order valence-electron chi connectivity index (χ1n) is 32.6. The van der Waals surface area contributed by atoms with Gasteiger partial charge in [-0.15, -0.1) is 0 Å². The normalized spacial score (nSPS) is 10.3. The van der Waals surface area contributed by atoms with Crippen LogP contribution >= 0.6 is 0 Å². The van der Waals surface area contributed by atoms with Gasteiger partial charge in [0.05, 0.1) is 106 Å². The van der Waals surface area contributed by atoms with E-state index in [1.165, 1.54) is 0 Å². The Kier molecular flexibility index (Phi) is 42.1. The molecular weight excluding hydrogens is 1820 g/mol. The predicted molar refractivity (Wildman–Crippen MR) is 406 cm³/mol. The molecule has 6 N–H and O–H groups in total. The van der Waals surface area contributed by atoms with Gasteiger partial charge in [0.2, 0.25) is 0 Å². The number of fused-ring (bicyclic) bond motifs is 18. The fourth-order valence-electron chi connectivity index (χ4n) is 10.1. The molecule has 0 atom stereocenters. The van der Waals surface area contributed by atoms with Crippen LogP contribution in [0.1, 0.15) is 0 Å². The molecule has 6 aromatic carbocycles. The van der Waals surface area contributed by atoms with Crippen LogP contribution in [0.4, 0.5) is 0 Å². The van der Waals surface area contributed by atoms with E-state index in [0.717, 1.165) is 131 Å². The van der Waals surface area contributed by atoms with Crippen LogP contribution in [0.5, 0.6) is 0 Å². The summed E-state index contributed by atoms with van der Waals surface area (Å²) >= 11 is -17.2. The maximum Gasteiger partial charge on any atom is 2.00 e. The van der Waals surface area contributed by atoms with Gasteiger partial charge in [0, 0.05) is 139 Å². The molecule has 36 heteroatoms. The average Bonchev–Trinajstić information content (AvgIpc) is 0.839. The van der Waals surface area contributed by atoms with Crippen molar-refractivity contribution in [3.05, 3.63) is 293 Å². The van der Waals surface area contributed by atoms with Crippen molar-refractivity contribution >= 4 is 171 Å². The summed E-state index contributed by atoms with van der Waals surface area (Å²) in [7, 11) is 0. The summed E-state index contributed by atoms with van der Waals surface area (Å²) in [5.74, 6) is 0. The van der Waals surface area contributed by atoms with E-state index < -0.39 is 40.1 Å². The van der Waals surface area contributed by atoms with Crippen molar-refractivity contribution in [1.29, 1.82) is 0 Å². The second kappa shape index (κ2) is 50.0. The minimum atomic E-state index is -5.75. The van der Waals surface area contributed by atoms with Crippen molar-refractivity contribution in [2.24, 2.45) is 0 Å². The summed E-state index contributed by atoms with van der Waals surface area (Å²) in [6.45, 7) is -0.750. The first-order valence-corrected chi connectivity index (χ1v) is 41.0. The summed E-state index contributed by atoms with van der Waals surface area (Å²) in [4.78, 5) is 52.2. The van der Waals surface area contributed by atoms with Crippen LogP contribution in [0.2, 0.25) is 0 Å². The second-order valence-corrected chi connectivity index (χ2v) is 27.0. The Morgan fingerprint density at radius 1 is 0.175 bits per heavy atom. The van der Waals surface area contributed by atoms with Gasteiger partial charge in [-0.05, 0) is 72.8 Å². The van der Waals surface area contributed by atoms with Crippen molar-refractivity contribution in [2.45, 2.75) is 0 Å². The average molecular weight is 1890 g/mol. The molecule has 0 fully saturated rings. The van der Waals surface area contributed by atoms with Gasteiger partial charge in [-0.25, -0.2) is 0 Å². The molecule has 12 aromatic heterocycles. The molecule has 0 aliphatic heterocycles. The van der Waals surface area contributed by atoms with Crippen LogP contribution in [0.15, 0.2) is 293 Å². The summed E-state index contributed by atoms with van der Waals surface area (Å²) in [5.41, 5.74) is 11.7. The topological polar surface area (TPSA) is 517 Å². The van der Waals surface area contributed by atoms with Crippen LogP contribution in [-0.4, -0.2) is 170 Å². The van der Waals surface area contributed by atoms with E-state index in [1.807, 2.05) is 72.8 Å². The molecule has 0 aliphatic carbocycles. The van der Waals surface area contributed by atoms with Crippen LogP contribution in [0.3, 0.4) is 0 Å². The SMILES string of the molecule is O=[Se](=O)([O-])[O-].O=[Se](=O)([O-])[O-].O=[Se](=O)([O-])[O-].OCCO.OCCO.OCCO.[Cu+2].[Cu+2].[Cu+2].c1cnc2c(c1)ccc1cccnc12.c1cnc2c(c1)ccc1cccnc12.c1cnc2c(c1)ccc1cccnc12.c1cnc2c(c1)ccc1cccnc12.c1cnc2c(c1)ccc1cccnc12.c1cnc2c(c1)ccc1cccnc12. The zero-order valence-corrected chi connectivity index (χ0v) is 67.0. The molecule has 0 saturated carbocycles. The van der Waals surface area contributed by atoms with Crippen molar-refractivity contribution < 1.29 is 130 Å². The molecule has 0 bridgehead atoms. The third kappa shape index (κ3) is 32.3. The predicted octanol–water partition coefficient (Wildman–Crippen LogP) is 4.61. The number of hydrogen-bond acceptors (Lipinski definition) is 30. The Morgan fingerprint density at radius 2 is 0.246 bits per heavy atom. The second-order valence-electron chi connectivity index (χ2n) is 21.9. The number of aliphatic hydroxyl groups excluding tert-OH is 6. The molecule has 18 rings (SSSR count). The fourth-order valence-corrected chi connectivity index (χ4v) is 10.1. The zero-order chi connectivity index (χ0) is 80.0. The number of benzene rings is 6. The summed E-state index contributed by atoms with van der Waals surface area (Å²) in [6, 6.07) is 72.8. The molecule has 0 aliphatic rings. The van der Waals surface area contributed by atoms with Gasteiger partial charge >= 0.3 is 139 Å². The van der Waals surface area contributed by atoms with E-state index in [9.17, 15) is 0 Å². The number of aromatic nitrogens is 12. The van der Waals surface area contributed by atoms with E-state index in [2.05, 4.69) is 205 Å². The fraction of sp³-hybridized carbons (Fsp3) is 0.0769. The maximum atomic E-state index is 8.59. The number of aliphatic hydroxyl groups is 6. The zero-order valence-electron chi connectivity index (χ0n) is 59.0. The van der Waals surface area contributed by atoms with E-state index in [4.69, 9.17) is 78.8 Å². The van der Waals surface area contributed by atoms with Crippen molar-refractivity contribution in [3.63, 3.8) is 0 Å². The molecule has 0 saturated heterocycles. The molecule has 0 amide bonds. The van der Waals surface area contributed by atoms with Crippen LogP contribution in [0, 0.1) is 0 Å². The van der Waals surface area contributed by atoms with E-state index in [0.29, 0.717) is 0 Å². The summed E-state index contributed by atoms with van der Waals surface area (Å²) < 4.78 is 103. The Hall–Kier alpha value is -10.3. The molecule has 12 heterocycles. The van der Waals surface area contributed by atoms with Gasteiger partial charge < -0.3 is 30.6 Å². The minimum Gasteiger partial charge on any atom is -0.394 e. The largest absolute Gasteiger partial charge is 2.00 e. The first kappa shape index (κ1) is 96.0. The third-order valence-corrected chi connectivity index (χ3v) is 14.4. The van der Waals surface area contributed by atoms with Gasteiger partial charge in [0.15, 0.2) is 0 Å². The monoisotopic (exact) mass is 1890 g/mol. The van der Waals surface area contributed by atoms with E-state index in [1.54, 1.807) is 74.4 Å². The Bertz CT molecular complexity index is 5080. The Labute approximate surface area is 687 Å². The maximum absolute atomic E-state index is 8.59. The molecule has 597 valence electrons. The van der Waals surface area contributed by atoms with Crippen LogP contribution < -0.4 is 25.1 Å². The van der Waals surface area contributed by atoms with Gasteiger partial charge in [-0.2, -0.15) is 0 Å². The van der Waals surface area contributed by atoms with Gasteiger partial charge in [0.25, 0.3) is 0 Å². The number of nitrogens with zero attached hydrogens (tertiary/aromatic N) is 12. The summed E-state index contributed by atoms with van der Waals surface area (Å²) in [6.07, 6.45) is 21.6. The molecule has 0 unspecified atom stereocenters. The standard InChI is InChI=1S/6C12H8N2.3C2H6O2.3Cu.3H2O4Se/c6*1-3-9-5-6-10-4-2-8-14-12(10)11(9)13-7-1;3*3-1-2-4;;;;3*1-5(2,3)4/h6*1-8H;3*3-4H,1-2H2;;;;3*(H2,1,2,3,4)/q;;;;;;;;;3*+2;;;/p-6. The molecule has 18 aromatic rings. The van der Waals surface area contributed by atoms with Gasteiger partial charge in [-0.1, -0.05) is 146 Å². The number of hydrogen-bond donors (Lipinski definition) is 6. The Morgan fingerprint density at radius 3 is 0.307 bits per heavy atom. The third-order valence-electron chi connectivity index (χ3n) is 14.4. The van der Waals surface area contributed by atoms with Crippen molar-refractivity contribution in [1.82, 2.24) is 59.8 Å². The molecule has 114 heavy (non-hydrogen) atoms. The van der Waals surface area contributed by atoms with E-state index in [-0.39, 0.29) is 90.8 Å². The minimum absolute atomic E-state index is 0. The first-order chi connectivity index (χ1) is 53.4. The number of rotatable bonds is 3. The number of pyridine rings is 12. The van der Waals surface area contributed by atoms with Gasteiger partial charge in [-0.3, -0.25) is 59.8 Å². The molecule has 3 radical (unpaired) electrons. The van der Waals surface area contributed by atoms with Crippen molar-refractivity contribution in [2.75, 3.05) is 39.6 Å². The molecule has 30 nitrogen and oxygen atoms in total. The summed E-state index contributed by atoms with van der Waals surface area (Å²) in [5, 5.41) is 59.4. The Balaban J connectivity index is 0.000000270. The van der Waals surface area contributed by atoms with E-state index >= 15 is 0 Å². The smallest absolute Gasteiger partial charge is 0.394 e. The van der Waals surface area contributed by atoms with Gasteiger partial charge in [0.1, 0.15) is 0 Å².